The summed E-state index contributed by atoms with van der Waals surface area (Å²) in [7, 11) is -3.92. The lowest BCUT2D eigenvalue weighted by atomic mass is 9.88. The second-order valence-electron chi connectivity index (χ2n) is 4.95. The first-order valence-corrected chi connectivity index (χ1v) is 8.62. The van der Waals surface area contributed by atoms with Gasteiger partial charge in [0.1, 0.15) is 10.3 Å². The minimum Gasteiger partial charge on any atom is -0.480 e. The highest BCUT2D eigenvalue weighted by Gasteiger charge is 2.35. The second-order valence-corrected chi connectivity index (χ2v) is 9.66. The molecule has 1 aromatic rings. The third-order valence-corrected chi connectivity index (χ3v) is 6.64. The predicted molar refractivity (Wildman–Crippen MR) is 78.2 cm³/mol. The molecule has 0 spiro atoms. The van der Waals surface area contributed by atoms with Gasteiger partial charge in [-0.3, -0.25) is 4.79 Å². The van der Waals surface area contributed by atoms with Crippen molar-refractivity contribution in [1.29, 1.82) is 0 Å². The second kappa shape index (κ2) is 5.69. The third-order valence-electron chi connectivity index (χ3n) is 2.27. The van der Waals surface area contributed by atoms with Crippen LogP contribution in [0.3, 0.4) is 0 Å². The molecule has 0 radical (unpaired) electrons. The fraction of sp³-hybridized carbons (Fsp3) is 0.500. The first-order chi connectivity index (χ1) is 8.45. The molecule has 1 atom stereocenters. The van der Waals surface area contributed by atoms with Crippen molar-refractivity contribution in [1.82, 2.24) is 4.72 Å². The number of rotatable bonds is 4. The predicted octanol–water partition coefficient (Wildman–Crippen LogP) is 2.94. The number of carboxylic acids is 1. The van der Waals surface area contributed by atoms with Gasteiger partial charge in [0.2, 0.25) is 0 Å². The molecule has 0 aliphatic rings. The summed E-state index contributed by atoms with van der Waals surface area (Å²) < 4.78 is 26.9. The molecule has 108 valence electrons. The molecule has 1 rings (SSSR count). The van der Waals surface area contributed by atoms with E-state index >= 15 is 0 Å². The molecule has 0 aliphatic heterocycles. The highest BCUT2D eigenvalue weighted by Crippen LogP contribution is 2.35. The van der Waals surface area contributed by atoms with Crippen molar-refractivity contribution < 1.29 is 18.3 Å². The lowest BCUT2D eigenvalue weighted by Gasteiger charge is -2.27. The standard InChI is InChI=1S/C10H13BrClNO4S2/c1-10(2,3)7(9(14)15)13-19(16,17)6-4-5(12)8(11)18-6/h4,7,13H,1-3H3,(H,14,15)/t7-/m1/s1. The van der Waals surface area contributed by atoms with Crippen molar-refractivity contribution in [2.75, 3.05) is 0 Å². The topological polar surface area (TPSA) is 83.5 Å². The molecule has 0 amide bonds. The Bertz CT molecular complexity index is 572. The summed E-state index contributed by atoms with van der Waals surface area (Å²) >= 11 is 9.83. The van der Waals surface area contributed by atoms with Crippen LogP contribution in [0.15, 0.2) is 14.1 Å². The summed E-state index contributed by atoms with van der Waals surface area (Å²) in [5, 5.41) is 9.39. The van der Waals surface area contributed by atoms with Crippen molar-refractivity contribution in [2.24, 2.45) is 5.41 Å². The zero-order valence-corrected chi connectivity index (χ0v) is 14.4. The van der Waals surface area contributed by atoms with Gasteiger partial charge in [-0.25, -0.2) is 8.42 Å². The molecule has 0 aromatic carbocycles. The van der Waals surface area contributed by atoms with Gasteiger partial charge in [0, 0.05) is 0 Å². The average Bonchev–Trinajstić information content (AvgIpc) is 2.55. The zero-order chi connectivity index (χ0) is 15.0. The number of nitrogens with one attached hydrogen (secondary N) is 1. The normalized spacial score (nSPS) is 14.4. The largest absolute Gasteiger partial charge is 0.480 e. The van der Waals surface area contributed by atoms with Gasteiger partial charge < -0.3 is 5.11 Å². The fourth-order valence-electron chi connectivity index (χ4n) is 1.27. The maximum absolute atomic E-state index is 12.1. The molecule has 2 N–H and O–H groups in total. The van der Waals surface area contributed by atoms with Crippen LogP contribution in [0, 0.1) is 5.41 Å². The maximum atomic E-state index is 12.1. The van der Waals surface area contributed by atoms with Crippen LogP contribution >= 0.6 is 38.9 Å². The first-order valence-electron chi connectivity index (χ1n) is 5.15. The maximum Gasteiger partial charge on any atom is 0.322 e. The van der Waals surface area contributed by atoms with E-state index in [0.717, 1.165) is 11.3 Å². The Hall–Kier alpha value is -0.150. The summed E-state index contributed by atoms with van der Waals surface area (Å²) in [5.74, 6) is -1.22. The van der Waals surface area contributed by atoms with Gasteiger partial charge in [-0.15, -0.1) is 11.3 Å². The Kier molecular flexibility index (Phi) is 5.06. The fourth-order valence-corrected chi connectivity index (χ4v) is 5.08. The summed E-state index contributed by atoms with van der Waals surface area (Å²) in [4.78, 5) is 11.2. The van der Waals surface area contributed by atoms with Gasteiger partial charge in [0.15, 0.2) is 0 Å². The van der Waals surface area contributed by atoms with Crippen molar-refractivity contribution in [3.8, 4) is 0 Å². The van der Waals surface area contributed by atoms with Crippen LogP contribution in [0.4, 0.5) is 0 Å². The Labute approximate surface area is 129 Å². The molecule has 0 saturated carbocycles. The molecule has 9 heteroatoms. The van der Waals surface area contributed by atoms with Gasteiger partial charge >= 0.3 is 5.97 Å². The van der Waals surface area contributed by atoms with Crippen LogP contribution in [0.1, 0.15) is 20.8 Å². The van der Waals surface area contributed by atoms with E-state index in [1.54, 1.807) is 20.8 Å². The Morgan fingerprint density at radius 1 is 1.53 bits per heavy atom. The smallest absolute Gasteiger partial charge is 0.322 e. The van der Waals surface area contributed by atoms with E-state index in [1.165, 1.54) is 6.07 Å². The van der Waals surface area contributed by atoms with E-state index < -0.39 is 27.4 Å². The van der Waals surface area contributed by atoms with Crippen LogP contribution in [-0.4, -0.2) is 25.5 Å². The molecule has 0 unspecified atom stereocenters. The molecule has 0 aliphatic carbocycles. The number of halogens is 2. The number of aliphatic carboxylic acids is 1. The van der Waals surface area contributed by atoms with Crippen molar-refractivity contribution in [3.05, 3.63) is 14.9 Å². The molecule has 5 nitrogen and oxygen atoms in total. The molecule has 1 heterocycles. The minimum atomic E-state index is -3.92. The van der Waals surface area contributed by atoms with Gasteiger partial charge in [-0.05, 0) is 27.4 Å². The number of carbonyl (C=O) groups is 1. The van der Waals surface area contributed by atoms with E-state index in [2.05, 4.69) is 20.7 Å². The van der Waals surface area contributed by atoms with Crippen LogP contribution in [-0.2, 0) is 14.8 Å². The van der Waals surface area contributed by atoms with Crippen molar-refractivity contribution in [3.63, 3.8) is 0 Å². The molecule has 19 heavy (non-hydrogen) atoms. The minimum absolute atomic E-state index is 0.0279. The number of hydrogen-bond donors (Lipinski definition) is 2. The van der Waals surface area contributed by atoms with E-state index in [-0.39, 0.29) is 9.23 Å². The van der Waals surface area contributed by atoms with Crippen molar-refractivity contribution >= 4 is 54.9 Å². The number of sulfonamides is 1. The molecule has 1 aromatic heterocycles. The Morgan fingerprint density at radius 3 is 2.37 bits per heavy atom. The average molecular weight is 391 g/mol. The van der Waals surface area contributed by atoms with Gasteiger partial charge in [0.25, 0.3) is 10.0 Å². The van der Waals surface area contributed by atoms with E-state index in [4.69, 9.17) is 16.7 Å². The van der Waals surface area contributed by atoms with Gasteiger partial charge in [0.05, 0.1) is 8.81 Å². The highest BCUT2D eigenvalue weighted by atomic mass is 79.9. The Balaban J connectivity index is 3.11. The SMILES string of the molecule is CC(C)(C)[C@H](NS(=O)(=O)c1cc(Cl)c(Br)s1)C(=O)O. The zero-order valence-electron chi connectivity index (χ0n) is 10.4. The summed E-state index contributed by atoms with van der Waals surface area (Å²) in [6.45, 7) is 4.93. The summed E-state index contributed by atoms with van der Waals surface area (Å²) in [6.07, 6.45) is 0. The lowest BCUT2D eigenvalue weighted by molar-refractivity contribution is -0.141. The van der Waals surface area contributed by atoms with Crippen LogP contribution in [0.5, 0.6) is 0 Å². The van der Waals surface area contributed by atoms with Gasteiger partial charge in [-0.2, -0.15) is 4.72 Å². The van der Waals surface area contributed by atoms with E-state index in [1.807, 2.05) is 0 Å². The highest BCUT2D eigenvalue weighted by molar-refractivity contribution is 9.11. The van der Waals surface area contributed by atoms with Crippen molar-refractivity contribution in [2.45, 2.75) is 31.0 Å². The summed E-state index contributed by atoms with van der Waals surface area (Å²) in [5.41, 5.74) is -0.753. The Morgan fingerprint density at radius 2 is 2.05 bits per heavy atom. The lowest BCUT2D eigenvalue weighted by Crippen LogP contribution is -2.48. The van der Waals surface area contributed by atoms with Crippen LogP contribution < -0.4 is 4.72 Å². The number of carboxylic acid groups (broad SMARTS) is 1. The van der Waals surface area contributed by atoms with Crippen LogP contribution in [0.25, 0.3) is 0 Å². The van der Waals surface area contributed by atoms with Crippen LogP contribution in [0.2, 0.25) is 5.02 Å². The number of hydrogen-bond acceptors (Lipinski definition) is 4. The first kappa shape index (κ1) is 16.9. The number of thiophene rings is 1. The third kappa shape index (κ3) is 4.16. The monoisotopic (exact) mass is 389 g/mol. The van der Waals surface area contributed by atoms with E-state index in [9.17, 15) is 13.2 Å². The van der Waals surface area contributed by atoms with E-state index in [0.29, 0.717) is 3.79 Å². The quantitative estimate of drug-likeness (QED) is 0.828. The molecular formula is C10H13BrClNO4S2. The van der Waals surface area contributed by atoms with Gasteiger partial charge in [-0.1, -0.05) is 32.4 Å². The molecular weight excluding hydrogens is 378 g/mol. The molecule has 0 fully saturated rings. The molecule has 0 saturated heterocycles. The summed E-state index contributed by atoms with van der Waals surface area (Å²) in [6, 6.07) is 0.0531. The molecule has 0 bridgehead atoms.